The van der Waals surface area contributed by atoms with Crippen LogP contribution in [0, 0.1) is 13.8 Å². The molecule has 1 saturated carbocycles. The Kier molecular flexibility index (Phi) is 10.3. The maximum absolute atomic E-state index is 14.3. The fourth-order valence-electron chi connectivity index (χ4n) is 5.36. The first-order valence-electron chi connectivity index (χ1n) is 14.5. The second-order valence-corrected chi connectivity index (χ2v) is 12.8. The lowest BCUT2D eigenvalue weighted by atomic mass is 10.1. The summed E-state index contributed by atoms with van der Waals surface area (Å²) in [5, 5.41) is 3.14. The molecule has 0 aliphatic heterocycles. The summed E-state index contributed by atoms with van der Waals surface area (Å²) in [6.07, 6.45) is 4.36. The zero-order valence-corrected chi connectivity index (χ0v) is 25.7. The molecule has 8 nitrogen and oxygen atoms in total. The molecule has 1 fully saturated rings. The number of ether oxygens (including phenoxy) is 1. The lowest BCUT2D eigenvalue weighted by Gasteiger charge is -2.34. The summed E-state index contributed by atoms with van der Waals surface area (Å²) in [7, 11) is -2.72. The van der Waals surface area contributed by atoms with Gasteiger partial charge in [-0.25, -0.2) is 8.42 Å². The van der Waals surface area contributed by atoms with Crippen molar-refractivity contribution in [3.63, 3.8) is 0 Å². The first-order chi connectivity index (χ1) is 20.1. The van der Waals surface area contributed by atoms with E-state index in [1.165, 1.54) is 24.1 Å². The standard InChI is InChI=1S/C33H41N3O5S/c1-5-29(33(38)34-27-10-6-7-11-27)35(22-26-18-14-24(2)15-19-26)32(37)23-36(30-12-8-9-13-31(30)41-4)42(39,40)28-20-16-25(3)17-21-28/h8-9,12-21,27,29H,5-7,10-11,22-23H2,1-4H3,(H,34,38)/t29-/m0/s1. The van der Waals surface area contributed by atoms with Crippen molar-refractivity contribution in [2.45, 2.75) is 76.4 Å². The van der Waals surface area contributed by atoms with Gasteiger partial charge >= 0.3 is 0 Å². The Morgan fingerprint density at radius 1 is 0.929 bits per heavy atom. The fraction of sp³-hybridized carbons (Fsp3) is 0.394. The SMILES string of the molecule is CC[C@@H](C(=O)NC1CCCC1)N(Cc1ccc(C)cc1)C(=O)CN(c1ccccc1OC)S(=O)(=O)c1ccc(C)cc1. The van der Waals surface area contributed by atoms with Crippen molar-refractivity contribution in [2.75, 3.05) is 18.0 Å². The summed E-state index contributed by atoms with van der Waals surface area (Å²) in [5.74, 6) is -0.377. The van der Waals surface area contributed by atoms with E-state index in [9.17, 15) is 18.0 Å². The van der Waals surface area contributed by atoms with Crippen LogP contribution in [0.2, 0.25) is 0 Å². The molecule has 0 heterocycles. The molecule has 1 aliphatic carbocycles. The number of carbonyl (C=O) groups excluding carboxylic acids is 2. The summed E-state index contributed by atoms with van der Waals surface area (Å²) in [5.41, 5.74) is 3.09. The molecule has 0 aromatic heterocycles. The maximum Gasteiger partial charge on any atom is 0.264 e. The molecule has 1 aliphatic rings. The highest BCUT2D eigenvalue weighted by atomic mass is 32.2. The van der Waals surface area contributed by atoms with Gasteiger partial charge in [-0.15, -0.1) is 0 Å². The van der Waals surface area contributed by atoms with E-state index < -0.39 is 28.5 Å². The topological polar surface area (TPSA) is 96.0 Å². The minimum absolute atomic E-state index is 0.0582. The second-order valence-electron chi connectivity index (χ2n) is 10.9. The number of hydrogen-bond acceptors (Lipinski definition) is 5. The van der Waals surface area contributed by atoms with Gasteiger partial charge in [0.05, 0.1) is 17.7 Å². The van der Waals surface area contributed by atoms with E-state index in [0.29, 0.717) is 12.2 Å². The molecule has 2 amide bonds. The highest BCUT2D eigenvalue weighted by Gasteiger charge is 2.35. The van der Waals surface area contributed by atoms with Crippen LogP contribution in [-0.4, -0.2) is 50.9 Å². The van der Waals surface area contributed by atoms with E-state index in [0.717, 1.165) is 46.7 Å². The normalized spacial score (nSPS) is 14.3. The van der Waals surface area contributed by atoms with Crippen LogP contribution in [0.4, 0.5) is 5.69 Å². The molecule has 0 bridgehead atoms. The number of amides is 2. The number of carbonyl (C=O) groups is 2. The van der Waals surface area contributed by atoms with Crippen molar-refractivity contribution in [3.8, 4) is 5.75 Å². The Hall–Kier alpha value is -3.85. The van der Waals surface area contributed by atoms with Gasteiger partial charge in [0.2, 0.25) is 11.8 Å². The molecule has 9 heteroatoms. The number of anilines is 1. The molecule has 3 aromatic carbocycles. The molecule has 0 unspecified atom stereocenters. The van der Waals surface area contributed by atoms with Crippen LogP contribution < -0.4 is 14.4 Å². The molecule has 0 spiro atoms. The molecule has 1 N–H and O–H groups in total. The summed E-state index contributed by atoms with van der Waals surface area (Å²) < 4.78 is 34.8. The lowest BCUT2D eigenvalue weighted by Crippen LogP contribution is -2.53. The van der Waals surface area contributed by atoms with E-state index in [1.807, 2.05) is 45.0 Å². The quantitative estimate of drug-likeness (QED) is 0.305. The highest BCUT2D eigenvalue weighted by Crippen LogP contribution is 2.33. The van der Waals surface area contributed by atoms with E-state index >= 15 is 0 Å². The number of nitrogens with one attached hydrogen (secondary N) is 1. The molecule has 42 heavy (non-hydrogen) atoms. The van der Waals surface area contributed by atoms with E-state index in [-0.39, 0.29) is 29.1 Å². The molecule has 4 rings (SSSR count). The Labute approximate surface area is 249 Å². The number of sulfonamides is 1. The summed E-state index contributed by atoms with van der Waals surface area (Å²) in [4.78, 5) is 29.4. The predicted molar refractivity (Wildman–Crippen MR) is 165 cm³/mol. The predicted octanol–water partition coefficient (Wildman–Crippen LogP) is 5.37. The highest BCUT2D eigenvalue weighted by molar-refractivity contribution is 7.92. The van der Waals surface area contributed by atoms with Gasteiger partial charge in [-0.2, -0.15) is 0 Å². The van der Waals surface area contributed by atoms with Crippen LogP contribution in [0.15, 0.2) is 77.7 Å². The van der Waals surface area contributed by atoms with Crippen molar-refractivity contribution in [1.29, 1.82) is 0 Å². The largest absolute Gasteiger partial charge is 0.495 e. The van der Waals surface area contributed by atoms with Gasteiger partial charge in [0.15, 0.2) is 0 Å². The van der Waals surface area contributed by atoms with Crippen LogP contribution in [-0.2, 0) is 26.2 Å². The van der Waals surface area contributed by atoms with Crippen LogP contribution in [0.3, 0.4) is 0 Å². The Morgan fingerprint density at radius 2 is 1.52 bits per heavy atom. The van der Waals surface area contributed by atoms with Crippen LogP contribution in [0.5, 0.6) is 5.75 Å². The van der Waals surface area contributed by atoms with Crippen molar-refractivity contribution in [2.24, 2.45) is 0 Å². The van der Waals surface area contributed by atoms with E-state index in [4.69, 9.17) is 4.74 Å². The van der Waals surface area contributed by atoms with E-state index in [2.05, 4.69) is 5.32 Å². The number of nitrogens with zero attached hydrogens (tertiary/aromatic N) is 2. The Balaban J connectivity index is 1.74. The zero-order valence-electron chi connectivity index (χ0n) is 24.9. The molecular formula is C33H41N3O5S. The first kappa shape index (κ1) is 31.1. The van der Waals surface area contributed by atoms with Crippen LogP contribution in [0.1, 0.15) is 55.7 Å². The maximum atomic E-state index is 14.3. The van der Waals surface area contributed by atoms with Gasteiger partial charge in [-0.1, -0.05) is 79.4 Å². The molecule has 3 aromatic rings. The molecule has 0 radical (unpaired) electrons. The van der Waals surface area contributed by atoms with Gasteiger partial charge in [0, 0.05) is 12.6 Å². The number of benzene rings is 3. The van der Waals surface area contributed by atoms with Gasteiger partial charge in [0.1, 0.15) is 18.3 Å². The third-order valence-electron chi connectivity index (χ3n) is 7.80. The van der Waals surface area contributed by atoms with Crippen molar-refractivity contribution in [3.05, 3.63) is 89.5 Å². The summed E-state index contributed by atoms with van der Waals surface area (Å²) >= 11 is 0. The van der Waals surface area contributed by atoms with Crippen LogP contribution >= 0.6 is 0 Å². The average molecular weight is 592 g/mol. The summed E-state index contributed by atoms with van der Waals surface area (Å²) in [6.45, 7) is 5.39. The van der Waals surface area contributed by atoms with Crippen molar-refractivity contribution in [1.82, 2.24) is 10.2 Å². The molecule has 0 saturated heterocycles. The fourth-order valence-corrected chi connectivity index (χ4v) is 6.79. The average Bonchev–Trinajstić information content (AvgIpc) is 3.50. The molecule has 1 atom stereocenters. The van der Waals surface area contributed by atoms with Crippen molar-refractivity contribution >= 4 is 27.5 Å². The monoisotopic (exact) mass is 591 g/mol. The number of aryl methyl sites for hydroxylation is 2. The third-order valence-corrected chi connectivity index (χ3v) is 9.58. The molecular weight excluding hydrogens is 550 g/mol. The molecule has 224 valence electrons. The van der Waals surface area contributed by atoms with Crippen molar-refractivity contribution < 1.29 is 22.7 Å². The van der Waals surface area contributed by atoms with Gasteiger partial charge in [-0.3, -0.25) is 13.9 Å². The zero-order chi connectivity index (χ0) is 30.3. The Bertz CT molecular complexity index is 1470. The lowest BCUT2D eigenvalue weighted by molar-refractivity contribution is -0.140. The number of hydrogen-bond donors (Lipinski definition) is 1. The summed E-state index contributed by atoms with van der Waals surface area (Å²) in [6, 6.07) is 20.3. The third kappa shape index (κ3) is 7.31. The number of methoxy groups -OCH3 is 1. The first-order valence-corrected chi connectivity index (χ1v) is 16.0. The second kappa shape index (κ2) is 13.9. The van der Waals surface area contributed by atoms with E-state index in [1.54, 1.807) is 36.4 Å². The number of para-hydroxylation sites is 2. The minimum Gasteiger partial charge on any atom is -0.495 e. The minimum atomic E-state index is -4.18. The Morgan fingerprint density at radius 3 is 2.12 bits per heavy atom. The van der Waals surface area contributed by atoms with Crippen LogP contribution in [0.25, 0.3) is 0 Å². The van der Waals surface area contributed by atoms with Gasteiger partial charge in [0.25, 0.3) is 10.0 Å². The van der Waals surface area contributed by atoms with Gasteiger partial charge in [-0.05, 0) is 62.9 Å². The van der Waals surface area contributed by atoms with Gasteiger partial charge < -0.3 is 15.0 Å². The number of rotatable bonds is 12. The smallest absolute Gasteiger partial charge is 0.264 e.